The van der Waals surface area contributed by atoms with E-state index in [1.54, 1.807) is 24.3 Å². The molecule has 0 saturated heterocycles. The molecule has 8 heteroatoms. The van der Waals surface area contributed by atoms with Gasteiger partial charge in [0.05, 0.1) is 18.8 Å². The fourth-order valence-electron chi connectivity index (χ4n) is 4.21. The molecule has 2 heterocycles. The molecule has 2 aromatic carbocycles. The van der Waals surface area contributed by atoms with Crippen molar-refractivity contribution in [2.45, 2.75) is 51.5 Å². The normalized spacial score (nSPS) is 17.7. The lowest BCUT2D eigenvalue weighted by Gasteiger charge is -2.22. The van der Waals surface area contributed by atoms with Crippen LogP contribution in [0.15, 0.2) is 42.0 Å². The Hall–Kier alpha value is -2.61. The minimum atomic E-state index is -4.41. The minimum absolute atomic E-state index is 0.0184. The number of benzene rings is 2. The Morgan fingerprint density at radius 1 is 1.00 bits per heavy atom. The standard InChI is InChI=1S/C24H23F5O3/c1-2-4-16-9-7-15(13-20(16)23(25,26)27)8-10-17-14-30-12-11-18(17)19-5-3-6-21-22(19)32-24(28,29)31-21/h3,5-7,9,13H,2,4,8,10-12,14H2,1H3. The number of para-hydroxylation sites is 1. The first-order valence-corrected chi connectivity index (χ1v) is 10.5. The third kappa shape index (κ3) is 4.75. The summed E-state index contributed by atoms with van der Waals surface area (Å²) in [5.74, 6) is -0.0534. The van der Waals surface area contributed by atoms with E-state index in [1.165, 1.54) is 12.1 Å². The van der Waals surface area contributed by atoms with Crippen LogP contribution in [0.1, 0.15) is 48.4 Å². The summed E-state index contributed by atoms with van der Waals surface area (Å²) in [4.78, 5) is 0. The van der Waals surface area contributed by atoms with Gasteiger partial charge < -0.3 is 14.2 Å². The largest absolute Gasteiger partial charge is 0.586 e. The topological polar surface area (TPSA) is 27.7 Å². The molecular weight excluding hydrogens is 431 g/mol. The van der Waals surface area contributed by atoms with Crippen molar-refractivity contribution in [3.05, 3.63) is 64.2 Å². The van der Waals surface area contributed by atoms with E-state index < -0.39 is 18.0 Å². The molecule has 172 valence electrons. The van der Waals surface area contributed by atoms with Crippen LogP contribution in [-0.2, 0) is 23.8 Å². The fraction of sp³-hybridized carbons (Fsp3) is 0.417. The van der Waals surface area contributed by atoms with Gasteiger partial charge in [-0.1, -0.05) is 37.6 Å². The number of fused-ring (bicyclic) bond motifs is 1. The second-order valence-electron chi connectivity index (χ2n) is 7.92. The summed E-state index contributed by atoms with van der Waals surface area (Å²) in [5.41, 5.74) is 2.44. The Morgan fingerprint density at radius 2 is 1.81 bits per heavy atom. The lowest BCUT2D eigenvalue weighted by atomic mass is 9.90. The Kier molecular flexibility index (Phi) is 6.16. The van der Waals surface area contributed by atoms with E-state index in [0.29, 0.717) is 55.4 Å². The van der Waals surface area contributed by atoms with Gasteiger partial charge in [0, 0.05) is 5.56 Å². The van der Waals surface area contributed by atoms with Crippen LogP contribution in [0.5, 0.6) is 11.5 Å². The molecule has 0 amide bonds. The molecule has 0 aromatic heterocycles. The summed E-state index contributed by atoms with van der Waals surface area (Å²) in [6.45, 7) is 2.55. The zero-order chi connectivity index (χ0) is 22.9. The number of hydrogen-bond acceptors (Lipinski definition) is 3. The molecule has 0 aliphatic carbocycles. The highest BCUT2D eigenvalue weighted by molar-refractivity contribution is 5.76. The minimum Gasteiger partial charge on any atom is -0.395 e. The van der Waals surface area contributed by atoms with Crippen LogP contribution < -0.4 is 9.47 Å². The summed E-state index contributed by atoms with van der Waals surface area (Å²) in [6.07, 6.45) is -5.83. The number of ether oxygens (including phenoxy) is 3. The Balaban J connectivity index is 1.61. The second kappa shape index (κ2) is 8.73. The summed E-state index contributed by atoms with van der Waals surface area (Å²) in [5, 5.41) is 0. The van der Waals surface area contributed by atoms with Gasteiger partial charge in [-0.3, -0.25) is 0 Å². The molecule has 3 nitrogen and oxygen atoms in total. The van der Waals surface area contributed by atoms with Crippen molar-refractivity contribution in [2.75, 3.05) is 13.2 Å². The molecule has 0 N–H and O–H groups in total. The maximum absolute atomic E-state index is 13.6. The summed E-state index contributed by atoms with van der Waals surface area (Å²) >= 11 is 0. The van der Waals surface area contributed by atoms with Crippen LogP contribution in [0, 0.1) is 0 Å². The highest BCUT2D eigenvalue weighted by atomic mass is 19.4. The first-order valence-electron chi connectivity index (χ1n) is 10.5. The van der Waals surface area contributed by atoms with Gasteiger partial charge in [0.15, 0.2) is 11.5 Å². The molecular formula is C24H23F5O3. The van der Waals surface area contributed by atoms with Crippen molar-refractivity contribution in [1.29, 1.82) is 0 Å². The summed E-state index contributed by atoms with van der Waals surface area (Å²) < 4.78 is 82.5. The van der Waals surface area contributed by atoms with Crippen molar-refractivity contribution < 1.29 is 36.2 Å². The lowest BCUT2D eigenvalue weighted by Crippen LogP contribution is -2.26. The van der Waals surface area contributed by atoms with Gasteiger partial charge in [-0.15, -0.1) is 8.78 Å². The van der Waals surface area contributed by atoms with Crippen molar-refractivity contribution in [2.24, 2.45) is 0 Å². The van der Waals surface area contributed by atoms with E-state index in [-0.39, 0.29) is 18.1 Å². The van der Waals surface area contributed by atoms with Crippen LogP contribution in [-0.4, -0.2) is 19.5 Å². The molecule has 0 bridgehead atoms. The monoisotopic (exact) mass is 454 g/mol. The highest BCUT2D eigenvalue weighted by Gasteiger charge is 2.45. The average Bonchev–Trinajstić information content (AvgIpc) is 3.06. The molecule has 0 saturated carbocycles. The van der Waals surface area contributed by atoms with E-state index in [9.17, 15) is 22.0 Å². The molecule has 0 unspecified atom stereocenters. The van der Waals surface area contributed by atoms with Crippen LogP contribution in [0.25, 0.3) is 5.57 Å². The molecule has 2 aliphatic rings. The van der Waals surface area contributed by atoms with E-state index in [1.807, 2.05) is 6.92 Å². The number of rotatable bonds is 6. The van der Waals surface area contributed by atoms with Crippen LogP contribution in [0.4, 0.5) is 22.0 Å². The molecule has 0 radical (unpaired) electrons. The average molecular weight is 454 g/mol. The lowest BCUT2D eigenvalue weighted by molar-refractivity contribution is -0.286. The highest BCUT2D eigenvalue weighted by Crippen LogP contribution is 2.47. The number of halogens is 5. The van der Waals surface area contributed by atoms with Crippen molar-refractivity contribution in [3.63, 3.8) is 0 Å². The van der Waals surface area contributed by atoms with Gasteiger partial charge in [-0.2, -0.15) is 13.2 Å². The Bertz CT molecular complexity index is 1030. The van der Waals surface area contributed by atoms with Gasteiger partial charge >= 0.3 is 12.5 Å². The van der Waals surface area contributed by atoms with Crippen molar-refractivity contribution in [3.8, 4) is 11.5 Å². The first-order chi connectivity index (χ1) is 15.2. The first kappa shape index (κ1) is 22.6. The third-order valence-corrected chi connectivity index (χ3v) is 5.67. The quantitative estimate of drug-likeness (QED) is 0.450. The maximum Gasteiger partial charge on any atom is 0.586 e. The molecule has 2 aliphatic heterocycles. The zero-order valence-corrected chi connectivity index (χ0v) is 17.5. The van der Waals surface area contributed by atoms with Crippen molar-refractivity contribution in [1.82, 2.24) is 0 Å². The van der Waals surface area contributed by atoms with Gasteiger partial charge in [0.25, 0.3) is 0 Å². The fourth-order valence-corrected chi connectivity index (χ4v) is 4.21. The van der Waals surface area contributed by atoms with Gasteiger partial charge in [-0.05, 0) is 60.1 Å². The predicted octanol–water partition coefficient (Wildman–Crippen LogP) is 6.79. The molecule has 2 aromatic rings. The van der Waals surface area contributed by atoms with Gasteiger partial charge in [0.2, 0.25) is 0 Å². The smallest absolute Gasteiger partial charge is 0.395 e. The van der Waals surface area contributed by atoms with Crippen LogP contribution in [0.2, 0.25) is 0 Å². The van der Waals surface area contributed by atoms with Crippen molar-refractivity contribution >= 4 is 5.57 Å². The molecule has 0 atom stereocenters. The Labute approximate surface area is 182 Å². The van der Waals surface area contributed by atoms with Gasteiger partial charge in [-0.25, -0.2) is 0 Å². The van der Waals surface area contributed by atoms with E-state index in [2.05, 4.69) is 4.74 Å². The van der Waals surface area contributed by atoms with Crippen LogP contribution >= 0.6 is 0 Å². The number of hydrogen-bond donors (Lipinski definition) is 0. The molecule has 4 rings (SSSR count). The second-order valence-corrected chi connectivity index (χ2v) is 7.92. The predicted molar refractivity (Wildman–Crippen MR) is 109 cm³/mol. The van der Waals surface area contributed by atoms with E-state index in [0.717, 1.165) is 11.1 Å². The molecule has 32 heavy (non-hydrogen) atoms. The van der Waals surface area contributed by atoms with E-state index in [4.69, 9.17) is 9.47 Å². The van der Waals surface area contributed by atoms with Crippen LogP contribution in [0.3, 0.4) is 0 Å². The van der Waals surface area contributed by atoms with E-state index >= 15 is 0 Å². The Morgan fingerprint density at radius 3 is 2.56 bits per heavy atom. The maximum atomic E-state index is 13.6. The van der Waals surface area contributed by atoms with Gasteiger partial charge in [0.1, 0.15) is 0 Å². The third-order valence-electron chi connectivity index (χ3n) is 5.67. The summed E-state index contributed by atoms with van der Waals surface area (Å²) in [7, 11) is 0. The number of aryl methyl sites for hydroxylation is 2. The summed E-state index contributed by atoms with van der Waals surface area (Å²) in [6, 6.07) is 9.20. The SMILES string of the molecule is CCCc1ccc(CCC2=C(c3cccc4c3OC(F)(F)O4)CCOC2)cc1C(F)(F)F. The molecule has 0 spiro atoms. The molecule has 0 fully saturated rings. The zero-order valence-electron chi connectivity index (χ0n) is 17.5. The number of alkyl halides is 5.